The quantitative estimate of drug-likeness (QED) is 0.800. The summed E-state index contributed by atoms with van der Waals surface area (Å²) in [5, 5.41) is 0. The maximum Gasteiger partial charge on any atom is 0.416 e. The summed E-state index contributed by atoms with van der Waals surface area (Å²) in [7, 11) is 1.52. The highest BCUT2D eigenvalue weighted by Gasteiger charge is 2.33. The van der Waals surface area contributed by atoms with Crippen molar-refractivity contribution in [3.05, 3.63) is 29.3 Å². The van der Waals surface area contributed by atoms with E-state index < -0.39 is 17.6 Å². The van der Waals surface area contributed by atoms with Crippen LogP contribution >= 0.6 is 0 Å². The highest BCUT2D eigenvalue weighted by Crippen LogP contribution is 2.33. The highest BCUT2D eigenvalue weighted by atomic mass is 19.4. The standard InChI is InChI=1S/C11H14F3N3O/c1-17(6-10(16)18)5-7-2-3-8(15)4-9(7)11(12,13)14/h2-4H,5-6,15H2,1H3,(H2,16,18). The minimum atomic E-state index is -4.47. The lowest BCUT2D eigenvalue weighted by molar-refractivity contribution is -0.138. The van der Waals surface area contributed by atoms with Gasteiger partial charge in [0, 0.05) is 12.2 Å². The molecule has 0 aromatic heterocycles. The number of anilines is 1. The summed E-state index contributed by atoms with van der Waals surface area (Å²) in [6, 6.07) is 3.58. The molecule has 4 nitrogen and oxygen atoms in total. The van der Waals surface area contributed by atoms with Gasteiger partial charge in [-0.05, 0) is 24.7 Å². The summed E-state index contributed by atoms with van der Waals surface area (Å²) in [6.45, 7) is -0.139. The van der Waals surface area contributed by atoms with Crippen molar-refractivity contribution in [2.24, 2.45) is 5.73 Å². The summed E-state index contributed by atoms with van der Waals surface area (Å²) in [6.07, 6.45) is -4.47. The molecule has 0 heterocycles. The third-order valence-corrected chi connectivity index (χ3v) is 2.31. The SMILES string of the molecule is CN(CC(N)=O)Cc1ccc(N)cc1C(F)(F)F. The van der Waals surface area contributed by atoms with E-state index in [4.69, 9.17) is 11.5 Å². The molecular weight excluding hydrogens is 247 g/mol. The van der Waals surface area contributed by atoms with Gasteiger partial charge in [0.2, 0.25) is 5.91 Å². The number of alkyl halides is 3. The summed E-state index contributed by atoms with van der Waals surface area (Å²) in [5.41, 5.74) is 9.63. The Hall–Kier alpha value is -1.76. The number of hydrogen-bond donors (Lipinski definition) is 2. The van der Waals surface area contributed by atoms with E-state index >= 15 is 0 Å². The molecule has 0 saturated carbocycles. The Morgan fingerprint density at radius 1 is 1.39 bits per heavy atom. The first-order chi connectivity index (χ1) is 8.20. The van der Waals surface area contributed by atoms with Gasteiger partial charge in [0.25, 0.3) is 0 Å². The van der Waals surface area contributed by atoms with Gasteiger partial charge in [0.15, 0.2) is 0 Å². The fraction of sp³-hybridized carbons (Fsp3) is 0.364. The summed E-state index contributed by atoms with van der Waals surface area (Å²) >= 11 is 0. The van der Waals surface area contributed by atoms with Crippen LogP contribution in [0.25, 0.3) is 0 Å². The molecule has 0 fully saturated rings. The van der Waals surface area contributed by atoms with Gasteiger partial charge in [-0.15, -0.1) is 0 Å². The summed E-state index contributed by atoms with van der Waals surface area (Å²) < 4.78 is 38.3. The highest BCUT2D eigenvalue weighted by molar-refractivity contribution is 5.75. The van der Waals surface area contributed by atoms with Crippen LogP contribution in [0.1, 0.15) is 11.1 Å². The molecule has 4 N–H and O–H groups in total. The molecule has 1 rings (SSSR count). The van der Waals surface area contributed by atoms with E-state index in [1.807, 2.05) is 0 Å². The van der Waals surface area contributed by atoms with Crippen LogP contribution in [0.3, 0.4) is 0 Å². The van der Waals surface area contributed by atoms with Gasteiger partial charge < -0.3 is 11.5 Å². The number of carbonyl (C=O) groups excluding carboxylic acids is 1. The second-order valence-electron chi connectivity index (χ2n) is 4.05. The number of likely N-dealkylation sites (N-methyl/N-ethyl adjacent to an activating group) is 1. The molecule has 0 saturated heterocycles. The summed E-state index contributed by atoms with van der Waals surface area (Å²) in [4.78, 5) is 12.1. The maximum atomic E-state index is 12.8. The van der Waals surface area contributed by atoms with Gasteiger partial charge in [-0.1, -0.05) is 6.07 Å². The predicted molar refractivity (Wildman–Crippen MR) is 61.4 cm³/mol. The fourth-order valence-electron chi connectivity index (χ4n) is 1.61. The number of benzene rings is 1. The number of amides is 1. The second kappa shape index (κ2) is 5.26. The Balaban J connectivity index is 2.98. The smallest absolute Gasteiger partial charge is 0.399 e. The number of rotatable bonds is 4. The molecule has 0 aliphatic carbocycles. The van der Waals surface area contributed by atoms with Crippen molar-refractivity contribution in [3.8, 4) is 0 Å². The van der Waals surface area contributed by atoms with Crippen molar-refractivity contribution in [2.75, 3.05) is 19.3 Å². The van der Waals surface area contributed by atoms with Crippen molar-refractivity contribution in [1.82, 2.24) is 4.90 Å². The Morgan fingerprint density at radius 3 is 2.50 bits per heavy atom. The zero-order valence-corrected chi connectivity index (χ0v) is 9.79. The topological polar surface area (TPSA) is 72.3 Å². The van der Waals surface area contributed by atoms with Gasteiger partial charge in [-0.2, -0.15) is 13.2 Å². The van der Waals surface area contributed by atoms with E-state index in [0.29, 0.717) is 0 Å². The molecule has 1 aromatic carbocycles. The monoisotopic (exact) mass is 261 g/mol. The zero-order chi connectivity index (χ0) is 13.9. The average molecular weight is 261 g/mol. The minimum absolute atomic E-state index is 0.0297. The molecule has 0 radical (unpaired) electrons. The molecule has 0 aliphatic rings. The summed E-state index contributed by atoms with van der Waals surface area (Å²) in [5.74, 6) is -0.596. The van der Waals surface area contributed by atoms with E-state index in [0.717, 1.165) is 6.07 Å². The third kappa shape index (κ3) is 3.92. The molecule has 100 valence electrons. The number of hydrogen-bond acceptors (Lipinski definition) is 3. The molecular formula is C11H14F3N3O. The average Bonchev–Trinajstić information content (AvgIpc) is 2.17. The molecule has 1 amide bonds. The van der Waals surface area contributed by atoms with E-state index in [9.17, 15) is 18.0 Å². The van der Waals surface area contributed by atoms with E-state index in [1.54, 1.807) is 0 Å². The van der Waals surface area contributed by atoms with Crippen LogP contribution in [-0.4, -0.2) is 24.4 Å². The van der Waals surface area contributed by atoms with E-state index in [-0.39, 0.29) is 24.3 Å². The Morgan fingerprint density at radius 2 is 2.00 bits per heavy atom. The number of primary amides is 1. The van der Waals surface area contributed by atoms with Gasteiger partial charge in [-0.3, -0.25) is 9.69 Å². The Kier molecular flexibility index (Phi) is 4.18. The Labute approximate surface area is 102 Å². The fourth-order valence-corrected chi connectivity index (χ4v) is 1.61. The minimum Gasteiger partial charge on any atom is -0.399 e. The lowest BCUT2D eigenvalue weighted by Crippen LogP contribution is -2.30. The molecule has 1 aromatic rings. The van der Waals surface area contributed by atoms with Crippen LogP contribution in [-0.2, 0) is 17.5 Å². The Bertz CT molecular complexity index is 446. The molecule has 0 bridgehead atoms. The van der Waals surface area contributed by atoms with Gasteiger partial charge in [0.05, 0.1) is 12.1 Å². The zero-order valence-electron chi connectivity index (χ0n) is 9.79. The van der Waals surface area contributed by atoms with Gasteiger partial charge in [-0.25, -0.2) is 0 Å². The molecule has 7 heteroatoms. The predicted octanol–water partition coefficient (Wildman–Crippen LogP) is 1.20. The van der Waals surface area contributed by atoms with Gasteiger partial charge in [0.1, 0.15) is 0 Å². The van der Waals surface area contributed by atoms with Gasteiger partial charge >= 0.3 is 6.18 Å². The maximum absolute atomic E-state index is 12.8. The molecule has 0 unspecified atom stereocenters. The van der Waals surface area contributed by atoms with Crippen LogP contribution in [0, 0.1) is 0 Å². The van der Waals surface area contributed by atoms with Crippen LogP contribution < -0.4 is 11.5 Å². The van der Waals surface area contributed by atoms with Crippen LogP contribution in [0.5, 0.6) is 0 Å². The van der Waals surface area contributed by atoms with Crippen LogP contribution in [0.2, 0.25) is 0 Å². The first-order valence-corrected chi connectivity index (χ1v) is 5.12. The van der Waals surface area contributed by atoms with Crippen molar-refractivity contribution >= 4 is 11.6 Å². The first kappa shape index (κ1) is 14.3. The first-order valence-electron chi connectivity index (χ1n) is 5.12. The number of nitrogens with zero attached hydrogens (tertiary/aromatic N) is 1. The lowest BCUT2D eigenvalue weighted by atomic mass is 10.1. The third-order valence-electron chi connectivity index (χ3n) is 2.31. The van der Waals surface area contributed by atoms with Crippen molar-refractivity contribution in [2.45, 2.75) is 12.7 Å². The normalized spacial score (nSPS) is 11.8. The van der Waals surface area contributed by atoms with E-state index in [1.165, 1.54) is 24.1 Å². The number of halogens is 3. The van der Waals surface area contributed by atoms with Crippen molar-refractivity contribution in [1.29, 1.82) is 0 Å². The lowest BCUT2D eigenvalue weighted by Gasteiger charge is -2.19. The van der Waals surface area contributed by atoms with Crippen molar-refractivity contribution < 1.29 is 18.0 Å². The van der Waals surface area contributed by atoms with E-state index in [2.05, 4.69) is 0 Å². The molecule has 0 spiro atoms. The molecule has 0 aliphatic heterocycles. The molecule has 0 atom stereocenters. The second-order valence-corrected chi connectivity index (χ2v) is 4.05. The largest absolute Gasteiger partial charge is 0.416 e. The molecule has 18 heavy (non-hydrogen) atoms. The number of nitrogen functional groups attached to an aromatic ring is 1. The van der Waals surface area contributed by atoms with Crippen LogP contribution in [0.15, 0.2) is 18.2 Å². The van der Waals surface area contributed by atoms with Crippen LogP contribution in [0.4, 0.5) is 18.9 Å². The van der Waals surface area contributed by atoms with Crippen molar-refractivity contribution in [3.63, 3.8) is 0 Å². The number of nitrogens with two attached hydrogens (primary N) is 2. The number of carbonyl (C=O) groups is 1.